The third kappa shape index (κ3) is 3.26. The number of nitrogens with one attached hydrogen (secondary N) is 1. The first-order valence-corrected chi connectivity index (χ1v) is 9.22. The van der Waals surface area contributed by atoms with Gasteiger partial charge in [-0.3, -0.25) is 15.0 Å². The SMILES string of the molecule is CCc1cccc(-c2c(-c3ccc4nn(C)cc4c3)nsc2NC(=O)O)n1. The number of anilines is 1. The molecule has 0 fully saturated rings. The molecule has 0 saturated carbocycles. The van der Waals surface area contributed by atoms with Crippen molar-refractivity contribution in [1.82, 2.24) is 19.1 Å². The Bertz CT molecular complexity index is 1150. The monoisotopic (exact) mass is 379 g/mol. The van der Waals surface area contributed by atoms with E-state index in [0.717, 1.165) is 40.1 Å². The van der Waals surface area contributed by atoms with Gasteiger partial charge in [-0.25, -0.2) is 4.79 Å². The molecule has 3 heterocycles. The zero-order valence-electron chi connectivity index (χ0n) is 14.8. The van der Waals surface area contributed by atoms with Gasteiger partial charge in [-0.05, 0) is 42.2 Å². The summed E-state index contributed by atoms with van der Waals surface area (Å²) >= 11 is 1.12. The predicted octanol–water partition coefficient (Wildman–Crippen LogP) is 4.41. The van der Waals surface area contributed by atoms with E-state index < -0.39 is 6.09 Å². The first kappa shape index (κ1) is 17.2. The van der Waals surface area contributed by atoms with Crippen molar-refractivity contribution in [3.8, 4) is 22.5 Å². The topological polar surface area (TPSA) is 92.9 Å². The van der Waals surface area contributed by atoms with Crippen LogP contribution in [0.4, 0.5) is 9.80 Å². The van der Waals surface area contributed by atoms with Crippen LogP contribution in [-0.4, -0.2) is 30.3 Å². The number of rotatable bonds is 4. The Morgan fingerprint density at radius 3 is 2.93 bits per heavy atom. The lowest BCUT2D eigenvalue weighted by Gasteiger charge is -2.07. The molecule has 2 N–H and O–H groups in total. The first-order valence-electron chi connectivity index (χ1n) is 8.45. The fourth-order valence-electron chi connectivity index (χ4n) is 3.02. The van der Waals surface area contributed by atoms with E-state index in [-0.39, 0.29) is 0 Å². The Labute approximate surface area is 159 Å². The molecular weight excluding hydrogens is 362 g/mol. The molecule has 0 unspecified atom stereocenters. The molecule has 8 heteroatoms. The van der Waals surface area contributed by atoms with E-state index in [9.17, 15) is 9.90 Å². The zero-order chi connectivity index (χ0) is 19.0. The van der Waals surface area contributed by atoms with Crippen LogP contribution in [0.1, 0.15) is 12.6 Å². The standard InChI is InChI=1S/C19H17N5O2S/c1-3-13-5-4-6-15(20-13)16-17(23-27-18(16)21-19(25)26)11-7-8-14-12(9-11)10-24(2)22-14/h4-10,21H,3H2,1-2H3,(H,25,26). The Kier molecular flexibility index (Phi) is 4.33. The summed E-state index contributed by atoms with van der Waals surface area (Å²) in [4.78, 5) is 15.9. The fraction of sp³-hybridized carbons (Fsp3) is 0.158. The highest BCUT2D eigenvalue weighted by atomic mass is 32.1. The molecule has 7 nitrogen and oxygen atoms in total. The van der Waals surface area contributed by atoms with Gasteiger partial charge in [0, 0.05) is 29.9 Å². The van der Waals surface area contributed by atoms with Gasteiger partial charge in [0.1, 0.15) is 5.00 Å². The third-order valence-electron chi connectivity index (χ3n) is 4.23. The molecule has 0 aliphatic rings. The van der Waals surface area contributed by atoms with Crippen molar-refractivity contribution in [2.45, 2.75) is 13.3 Å². The van der Waals surface area contributed by atoms with Gasteiger partial charge in [0.2, 0.25) is 0 Å². The molecule has 4 aromatic rings. The lowest BCUT2D eigenvalue weighted by atomic mass is 10.0. The fourth-order valence-corrected chi connectivity index (χ4v) is 3.82. The van der Waals surface area contributed by atoms with Gasteiger partial charge in [0.15, 0.2) is 0 Å². The zero-order valence-corrected chi connectivity index (χ0v) is 15.6. The second-order valence-electron chi connectivity index (χ2n) is 6.11. The van der Waals surface area contributed by atoms with E-state index in [4.69, 9.17) is 0 Å². The van der Waals surface area contributed by atoms with Crippen molar-refractivity contribution in [2.24, 2.45) is 7.05 Å². The highest BCUT2D eigenvalue weighted by molar-refractivity contribution is 7.11. The van der Waals surface area contributed by atoms with Crippen LogP contribution in [0.25, 0.3) is 33.4 Å². The summed E-state index contributed by atoms with van der Waals surface area (Å²) in [6.07, 6.45) is 1.61. The Morgan fingerprint density at radius 2 is 2.15 bits per heavy atom. The molecule has 0 spiro atoms. The van der Waals surface area contributed by atoms with E-state index >= 15 is 0 Å². The van der Waals surface area contributed by atoms with Gasteiger partial charge in [0.25, 0.3) is 0 Å². The maximum absolute atomic E-state index is 11.2. The number of aryl methyl sites for hydroxylation is 2. The van der Waals surface area contributed by atoms with Crippen LogP contribution in [0.5, 0.6) is 0 Å². The molecule has 3 aromatic heterocycles. The number of hydrogen-bond donors (Lipinski definition) is 2. The van der Waals surface area contributed by atoms with E-state index in [1.54, 1.807) is 4.68 Å². The molecular formula is C19H17N5O2S. The van der Waals surface area contributed by atoms with Crippen LogP contribution in [0, 0.1) is 0 Å². The summed E-state index contributed by atoms with van der Waals surface area (Å²) in [7, 11) is 1.88. The van der Waals surface area contributed by atoms with E-state index in [1.165, 1.54) is 0 Å². The van der Waals surface area contributed by atoms with Gasteiger partial charge < -0.3 is 5.11 Å². The quantitative estimate of drug-likeness (QED) is 0.548. The Morgan fingerprint density at radius 1 is 1.30 bits per heavy atom. The summed E-state index contributed by atoms with van der Waals surface area (Å²) in [6, 6.07) is 11.7. The number of nitrogens with zero attached hydrogens (tertiary/aromatic N) is 4. The molecule has 0 aliphatic carbocycles. The summed E-state index contributed by atoms with van der Waals surface area (Å²) in [5, 5.41) is 17.5. The number of fused-ring (bicyclic) bond motifs is 1. The largest absolute Gasteiger partial charge is 0.465 e. The van der Waals surface area contributed by atoms with Gasteiger partial charge in [-0.15, -0.1) is 0 Å². The minimum atomic E-state index is -1.12. The molecule has 1 amide bonds. The maximum Gasteiger partial charge on any atom is 0.409 e. The van der Waals surface area contributed by atoms with Crippen molar-refractivity contribution < 1.29 is 9.90 Å². The second-order valence-corrected chi connectivity index (χ2v) is 6.88. The lowest BCUT2D eigenvalue weighted by molar-refractivity contribution is 0.210. The summed E-state index contributed by atoms with van der Waals surface area (Å²) < 4.78 is 6.30. The molecule has 0 aliphatic heterocycles. The number of hydrogen-bond acceptors (Lipinski definition) is 5. The molecule has 0 bridgehead atoms. The summed E-state index contributed by atoms with van der Waals surface area (Å²) in [5.74, 6) is 0. The molecule has 4 rings (SSSR count). The molecule has 0 atom stereocenters. The number of aromatic nitrogens is 4. The molecule has 27 heavy (non-hydrogen) atoms. The van der Waals surface area contributed by atoms with Gasteiger partial charge in [-0.1, -0.05) is 19.1 Å². The Hall–Kier alpha value is -3.26. The van der Waals surface area contributed by atoms with Crippen LogP contribution in [0.15, 0.2) is 42.6 Å². The van der Waals surface area contributed by atoms with Crippen molar-refractivity contribution >= 4 is 33.5 Å². The molecule has 0 saturated heterocycles. The van der Waals surface area contributed by atoms with Crippen LogP contribution < -0.4 is 5.32 Å². The predicted molar refractivity (Wildman–Crippen MR) is 106 cm³/mol. The van der Waals surface area contributed by atoms with Gasteiger partial charge in [-0.2, -0.15) is 9.47 Å². The third-order valence-corrected chi connectivity index (χ3v) is 4.99. The minimum Gasteiger partial charge on any atom is -0.465 e. The summed E-state index contributed by atoms with van der Waals surface area (Å²) in [6.45, 7) is 2.03. The van der Waals surface area contributed by atoms with Crippen molar-refractivity contribution in [3.63, 3.8) is 0 Å². The first-order chi connectivity index (χ1) is 13.0. The van der Waals surface area contributed by atoms with Gasteiger partial charge in [0.05, 0.1) is 22.5 Å². The lowest BCUT2D eigenvalue weighted by Crippen LogP contribution is -2.07. The highest BCUT2D eigenvalue weighted by Gasteiger charge is 2.20. The highest BCUT2D eigenvalue weighted by Crippen LogP contribution is 2.40. The minimum absolute atomic E-state index is 0.463. The number of pyridine rings is 1. The van der Waals surface area contributed by atoms with Crippen LogP contribution >= 0.6 is 11.5 Å². The van der Waals surface area contributed by atoms with Gasteiger partial charge >= 0.3 is 6.09 Å². The van der Waals surface area contributed by atoms with Crippen molar-refractivity contribution in [1.29, 1.82) is 0 Å². The number of benzene rings is 1. The van der Waals surface area contributed by atoms with E-state index in [2.05, 4.69) is 19.8 Å². The number of carboxylic acid groups (broad SMARTS) is 1. The van der Waals surface area contributed by atoms with Crippen molar-refractivity contribution in [2.75, 3.05) is 5.32 Å². The van der Waals surface area contributed by atoms with Crippen LogP contribution in [0.2, 0.25) is 0 Å². The number of amides is 1. The Balaban J connectivity index is 1.91. The van der Waals surface area contributed by atoms with E-state index in [1.807, 2.05) is 56.6 Å². The molecule has 0 radical (unpaired) electrons. The van der Waals surface area contributed by atoms with Crippen LogP contribution in [-0.2, 0) is 13.5 Å². The smallest absolute Gasteiger partial charge is 0.409 e. The second kappa shape index (κ2) is 6.81. The normalized spacial score (nSPS) is 11.0. The maximum atomic E-state index is 11.2. The molecule has 136 valence electrons. The van der Waals surface area contributed by atoms with Crippen LogP contribution in [0.3, 0.4) is 0 Å². The van der Waals surface area contributed by atoms with Crippen molar-refractivity contribution in [3.05, 3.63) is 48.3 Å². The van der Waals surface area contributed by atoms with E-state index in [0.29, 0.717) is 22.0 Å². The summed E-state index contributed by atoms with van der Waals surface area (Å²) in [5.41, 5.74) is 4.83. The number of carbonyl (C=O) groups is 1. The average Bonchev–Trinajstić information content (AvgIpc) is 3.22. The molecule has 1 aromatic carbocycles. The average molecular weight is 379 g/mol.